The molecular weight excluding hydrogens is 472 g/mol. The standard InChI is InChI=1S/C29H48O6Si/c1-23(2)11-10-12-24(3)14-15-25-26(33-21-30-4)16-17-27(34-22-31-19-20-36(5,6)7)29(25)35-28-13-8-9-18-32-28/h11,14,16-17,28H,8-10,12-13,15,18-22H2,1-7H3/b24-14+. The van der Waals surface area contributed by atoms with E-state index in [4.69, 9.17) is 28.4 Å². The lowest BCUT2D eigenvalue weighted by Crippen LogP contribution is -2.26. The van der Waals surface area contributed by atoms with Crippen LogP contribution >= 0.6 is 0 Å². The van der Waals surface area contributed by atoms with Crippen molar-refractivity contribution in [2.45, 2.75) is 91.3 Å². The summed E-state index contributed by atoms with van der Waals surface area (Å²) in [5.74, 6) is 2.04. The molecule has 1 aromatic carbocycles. The van der Waals surface area contributed by atoms with E-state index in [1.54, 1.807) is 7.11 Å². The average molecular weight is 521 g/mol. The second kappa shape index (κ2) is 16.1. The highest BCUT2D eigenvalue weighted by Crippen LogP contribution is 2.40. The van der Waals surface area contributed by atoms with Crippen LogP contribution in [0.25, 0.3) is 0 Å². The molecule has 1 aromatic rings. The van der Waals surface area contributed by atoms with Crippen LogP contribution in [0, 0.1) is 0 Å². The van der Waals surface area contributed by atoms with Crippen LogP contribution in [0.1, 0.15) is 58.4 Å². The number of benzene rings is 1. The van der Waals surface area contributed by atoms with Crippen LogP contribution in [0.2, 0.25) is 25.7 Å². The Morgan fingerprint density at radius 1 is 1.03 bits per heavy atom. The summed E-state index contributed by atoms with van der Waals surface area (Å²) >= 11 is 0. The number of methoxy groups -OCH3 is 1. The van der Waals surface area contributed by atoms with Crippen LogP contribution in [0.15, 0.2) is 35.4 Å². The molecule has 1 aliphatic heterocycles. The van der Waals surface area contributed by atoms with Crippen molar-refractivity contribution in [1.82, 2.24) is 0 Å². The van der Waals surface area contributed by atoms with Gasteiger partial charge in [0.15, 0.2) is 31.4 Å². The van der Waals surface area contributed by atoms with Crippen LogP contribution in [0.4, 0.5) is 0 Å². The van der Waals surface area contributed by atoms with E-state index < -0.39 is 8.07 Å². The molecule has 0 aliphatic carbocycles. The third kappa shape index (κ3) is 12.0. The molecule has 0 aromatic heterocycles. The molecule has 1 aliphatic rings. The Morgan fingerprint density at radius 2 is 1.78 bits per heavy atom. The first kappa shape index (κ1) is 30.4. The maximum Gasteiger partial charge on any atom is 0.200 e. The quantitative estimate of drug-likeness (QED) is 0.0973. The highest BCUT2D eigenvalue weighted by molar-refractivity contribution is 6.76. The summed E-state index contributed by atoms with van der Waals surface area (Å²) in [5, 5.41) is 0. The summed E-state index contributed by atoms with van der Waals surface area (Å²) < 4.78 is 35.4. The minimum Gasteiger partial charge on any atom is -0.467 e. The Kier molecular flexibility index (Phi) is 13.6. The van der Waals surface area contributed by atoms with Crippen molar-refractivity contribution in [1.29, 1.82) is 0 Å². The first-order valence-electron chi connectivity index (χ1n) is 13.2. The molecule has 7 heteroatoms. The predicted molar refractivity (Wildman–Crippen MR) is 149 cm³/mol. The first-order valence-corrected chi connectivity index (χ1v) is 17.0. The van der Waals surface area contributed by atoms with Crippen LogP contribution in [-0.2, 0) is 20.6 Å². The van der Waals surface area contributed by atoms with Gasteiger partial charge in [-0.1, -0.05) is 42.9 Å². The van der Waals surface area contributed by atoms with Crippen molar-refractivity contribution in [3.05, 3.63) is 41.0 Å². The van der Waals surface area contributed by atoms with Crippen LogP contribution in [0.3, 0.4) is 0 Å². The molecule has 36 heavy (non-hydrogen) atoms. The van der Waals surface area contributed by atoms with Gasteiger partial charge in [-0.05, 0) is 71.1 Å². The molecule has 1 fully saturated rings. The van der Waals surface area contributed by atoms with E-state index in [1.165, 1.54) is 11.1 Å². The van der Waals surface area contributed by atoms with E-state index in [9.17, 15) is 0 Å². The summed E-state index contributed by atoms with van der Waals surface area (Å²) in [6.07, 6.45) is 9.93. The lowest BCUT2D eigenvalue weighted by atomic mass is 10.0. The van der Waals surface area contributed by atoms with Crippen molar-refractivity contribution in [3.8, 4) is 17.2 Å². The molecule has 0 amide bonds. The number of rotatable bonds is 16. The van der Waals surface area contributed by atoms with Crippen molar-refractivity contribution in [3.63, 3.8) is 0 Å². The Hall–Kier alpha value is -1.80. The number of ether oxygens (including phenoxy) is 6. The average Bonchev–Trinajstić information content (AvgIpc) is 2.82. The number of hydrogen-bond donors (Lipinski definition) is 0. The number of hydrogen-bond acceptors (Lipinski definition) is 6. The fourth-order valence-corrected chi connectivity index (χ4v) is 4.48. The normalized spacial score (nSPS) is 16.5. The van der Waals surface area contributed by atoms with Gasteiger partial charge in [0.2, 0.25) is 0 Å². The smallest absolute Gasteiger partial charge is 0.200 e. The summed E-state index contributed by atoms with van der Waals surface area (Å²) in [5.41, 5.74) is 3.60. The largest absolute Gasteiger partial charge is 0.467 e. The van der Waals surface area contributed by atoms with E-state index in [1.807, 2.05) is 12.1 Å². The molecule has 1 unspecified atom stereocenters. The second-order valence-electron chi connectivity index (χ2n) is 10.9. The summed E-state index contributed by atoms with van der Waals surface area (Å²) in [4.78, 5) is 0. The molecule has 1 saturated heterocycles. The molecular formula is C29H48O6Si. The van der Waals surface area contributed by atoms with Gasteiger partial charge < -0.3 is 28.4 Å². The van der Waals surface area contributed by atoms with Crippen molar-refractivity contribution in [2.24, 2.45) is 0 Å². The second-order valence-corrected chi connectivity index (χ2v) is 16.5. The summed E-state index contributed by atoms with van der Waals surface area (Å²) in [6.45, 7) is 15.2. The Bertz CT molecular complexity index is 833. The summed E-state index contributed by atoms with van der Waals surface area (Å²) in [6, 6.07) is 4.91. The van der Waals surface area contributed by atoms with Gasteiger partial charge in [0.05, 0.1) is 6.61 Å². The topological polar surface area (TPSA) is 55.4 Å². The minimum absolute atomic E-state index is 0.162. The van der Waals surface area contributed by atoms with E-state index in [0.29, 0.717) is 31.1 Å². The van der Waals surface area contributed by atoms with Crippen molar-refractivity contribution in [2.75, 3.05) is 33.9 Å². The third-order valence-corrected chi connectivity index (χ3v) is 7.65. The molecule has 0 spiro atoms. The first-order chi connectivity index (χ1) is 17.2. The zero-order valence-electron chi connectivity index (χ0n) is 23.6. The van der Waals surface area contributed by atoms with Gasteiger partial charge in [-0.15, -0.1) is 0 Å². The monoisotopic (exact) mass is 520 g/mol. The van der Waals surface area contributed by atoms with Gasteiger partial charge in [-0.2, -0.15) is 0 Å². The molecule has 0 bridgehead atoms. The SMILES string of the molecule is COCOc1ccc(OCOCC[Si](C)(C)C)c(OC2CCCCO2)c1C/C=C(\C)CCC=C(C)C. The van der Waals surface area contributed by atoms with E-state index in [-0.39, 0.29) is 19.9 Å². The fourth-order valence-electron chi connectivity index (χ4n) is 3.73. The van der Waals surface area contributed by atoms with Crippen LogP contribution < -0.4 is 14.2 Å². The molecule has 1 atom stereocenters. The van der Waals surface area contributed by atoms with Crippen molar-refractivity contribution < 1.29 is 28.4 Å². The zero-order valence-corrected chi connectivity index (χ0v) is 24.6. The Balaban J connectivity index is 2.27. The Labute approximate surface area is 220 Å². The molecule has 204 valence electrons. The molecule has 0 radical (unpaired) electrons. The van der Waals surface area contributed by atoms with Crippen LogP contribution in [-0.4, -0.2) is 48.3 Å². The lowest BCUT2D eigenvalue weighted by Gasteiger charge is -2.26. The molecule has 0 saturated carbocycles. The minimum atomic E-state index is -1.15. The van der Waals surface area contributed by atoms with E-state index in [0.717, 1.165) is 49.5 Å². The predicted octanol–water partition coefficient (Wildman–Crippen LogP) is 7.50. The highest BCUT2D eigenvalue weighted by atomic mass is 28.3. The van der Waals surface area contributed by atoms with Gasteiger partial charge in [0, 0.05) is 33.8 Å². The maximum atomic E-state index is 6.44. The lowest BCUT2D eigenvalue weighted by molar-refractivity contribution is -0.108. The van der Waals surface area contributed by atoms with E-state index in [2.05, 4.69) is 52.6 Å². The number of allylic oxidation sites excluding steroid dienone is 4. The van der Waals surface area contributed by atoms with Crippen LogP contribution in [0.5, 0.6) is 17.2 Å². The highest BCUT2D eigenvalue weighted by Gasteiger charge is 2.23. The molecule has 0 N–H and O–H groups in total. The van der Waals surface area contributed by atoms with E-state index >= 15 is 0 Å². The van der Waals surface area contributed by atoms with Gasteiger partial charge in [-0.25, -0.2) is 0 Å². The zero-order chi connectivity index (χ0) is 26.4. The fraction of sp³-hybridized carbons (Fsp3) is 0.655. The van der Waals surface area contributed by atoms with Gasteiger partial charge in [-0.3, -0.25) is 0 Å². The van der Waals surface area contributed by atoms with Gasteiger partial charge in [0.1, 0.15) is 5.75 Å². The maximum absolute atomic E-state index is 6.44. The van der Waals surface area contributed by atoms with Crippen molar-refractivity contribution >= 4 is 8.07 Å². The summed E-state index contributed by atoms with van der Waals surface area (Å²) in [7, 11) is 0.466. The third-order valence-electron chi connectivity index (χ3n) is 5.94. The molecule has 1 heterocycles. The molecule has 6 nitrogen and oxygen atoms in total. The molecule has 2 rings (SSSR count). The van der Waals surface area contributed by atoms with Gasteiger partial charge in [0.25, 0.3) is 0 Å². The Morgan fingerprint density at radius 3 is 2.44 bits per heavy atom. The van der Waals surface area contributed by atoms with Gasteiger partial charge >= 0.3 is 0 Å².